The SMILES string of the molecule is CSNc1cc(F)c(CNO)cc1C. The molecule has 1 aromatic rings. The van der Waals surface area contributed by atoms with E-state index in [2.05, 4.69) is 4.72 Å². The number of hydrogen-bond donors (Lipinski definition) is 3. The van der Waals surface area contributed by atoms with Crippen molar-refractivity contribution in [2.75, 3.05) is 11.0 Å². The van der Waals surface area contributed by atoms with Gasteiger partial charge in [-0.1, -0.05) is 11.9 Å². The van der Waals surface area contributed by atoms with Crippen LogP contribution in [0, 0.1) is 12.7 Å². The summed E-state index contributed by atoms with van der Waals surface area (Å²) < 4.78 is 16.3. The van der Waals surface area contributed by atoms with Crippen LogP contribution < -0.4 is 10.2 Å². The Bertz CT molecular complexity index is 288. The van der Waals surface area contributed by atoms with E-state index < -0.39 is 0 Å². The van der Waals surface area contributed by atoms with Gasteiger partial charge in [0.1, 0.15) is 5.82 Å². The van der Waals surface area contributed by atoms with Gasteiger partial charge in [0.2, 0.25) is 0 Å². The van der Waals surface area contributed by atoms with Crippen LogP contribution in [-0.4, -0.2) is 11.5 Å². The van der Waals surface area contributed by atoms with Crippen LogP contribution in [0.3, 0.4) is 0 Å². The molecule has 1 aromatic carbocycles. The second-order valence-electron chi connectivity index (χ2n) is 2.90. The maximum absolute atomic E-state index is 13.3. The molecule has 3 nitrogen and oxygen atoms in total. The maximum Gasteiger partial charge on any atom is 0.129 e. The quantitative estimate of drug-likeness (QED) is 0.534. The van der Waals surface area contributed by atoms with E-state index >= 15 is 0 Å². The molecule has 0 aliphatic carbocycles. The molecule has 0 saturated carbocycles. The highest BCUT2D eigenvalue weighted by Crippen LogP contribution is 2.21. The Morgan fingerprint density at radius 3 is 2.79 bits per heavy atom. The van der Waals surface area contributed by atoms with Gasteiger partial charge in [-0.25, -0.2) is 9.87 Å². The van der Waals surface area contributed by atoms with Crippen molar-refractivity contribution in [3.05, 3.63) is 29.1 Å². The highest BCUT2D eigenvalue weighted by Gasteiger charge is 2.06. The molecule has 0 aliphatic rings. The first-order valence-electron chi connectivity index (χ1n) is 4.14. The van der Waals surface area contributed by atoms with Crippen LogP contribution in [0.4, 0.5) is 10.1 Å². The number of nitrogens with one attached hydrogen (secondary N) is 2. The number of halogens is 1. The van der Waals surface area contributed by atoms with Gasteiger partial charge in [0.15, 0.2) is 0 Å². The zero-order chi connectivity index (χ0) is 10.6. The van der Waals surface area contributed by atoms with E-state index in [9.17, 15) is 4.39 Å². The van der Waals surface area contributed by atoms with E-state index in [0.29, 0.717) is 5.56 Å². The lowest BCUT2D eigenvalue weighted by Crippen LogP contribution is -2.08. The summed E-state index contributed by atoms with van der Waals surface area (Å²) in [6.07, 6.45) is 1.88. The molecular formula is C9H13FN2OS. The van der Waals surface area contributed by atoms with Crippen molar-refractivity contribution >= 4 is 17.6 Å². The predicted molar refractivity (Wildman–Crippen MR) is 56.9 cm³/mol. The summed E-state index contributed by atoms with van der Waals surface area (Å²) in [5.74, 6) is -0.325. The Hall–Kier alpha value is -0.780. The van der Waals surface area contributed by atoms with E-state index in [0.717, 1.165) is 11.3 Å². The molecule has 0 aromatic heterocycles. The normalized spacial score (nSPS) is 10.3. The van der Waals surface area contributed by atoms with Crippen molar-refractivity contribution in [2.24, 2.45) is 0 Å². The second-order valence-corrected chi connectivity index (χ2v) is 3.51. The largest absolute Gasteiger partial charge is 0.330 e. The lowest BCUT2D eigenvalue weighted by Gasteiger charge is -2.09. The lowest BCUT2D eigenvalue weighted by molar-refractivity contribution is 0.160. The number of anilines is 1. The molecule has 0 heterocycles. The molecule has 0 spiro atoms. The topological polar surface area (TPSA) is 44.3 Å². The third-order valence-corrected chi connectivity index (χ3v) is 2.30. The summed E-state index contributed by atoms with van der Waals surface area (Å²) in [5, 5.41) is 8.47. The number of hydrogen-bond acceptors (Lipinski definition) is 4. The van der Waals surface area contributed by atoms with Gasteiger partial charge in [0.25, 0.3) is 0 Å². The van der Waals surface area contributed by atoms with Gasteiger partial charge in [-0.2, -0.15) is 0 Å². The summed E-state index contributed by atoms with van der Waals surface area (Å²) in [7, 11) is 0. The Labute approximate surface area is 86.8 Å². The zero-order valence-corrected chi connectivity index (χ0v) is 8.91. The minimum Gasteiger partial charge on any atom is -0.330 e. The summed E-state index contributed by atoms with van der Waals surface area (Å²) in [5.41, 5.74) is 4.10. The molecule has 0 bridgehead atoms. The lowest BCUT2D eigenvalue weighted by atomic mass is 10.1. The van der Waals surface area contributed by atoms with Crippen LogP contribution >= 0.6 is 11.9 Å². The van der Waals surface area contributed by atoms with E-state index in [1.165, 1.54) is 18.0 Å². The van der Waals surface area contributed by atoms with Gasteiger partial charge in [0.05, 0.1) is 0 Å². The van der Waals surface area contributed by atoms with Crippen molar-refractivity contribution in [2.45, 2.75) is 13.5 Å². The van der Waals surface area contributed by atoms with Crippen LogP contribution in [0.1, 0.15) is 11.1 Å². The molecule has 5 heteroatoms. The van der Waals surface area contributed by atoms with Gasteiger partial charge in [-0.3, -0.25) is 0 Å². The predicted octanol–water partition coefficient (Wildman–Crippen LogP) is 2.30. The van der Waals surface area contributed by atoms with Crippen molar-refractivity contribution in [3.8, 4) is 0 Å². The Kier molecular flexibility index (Phi) is 4.19. The van der Waals surface area contributed by atoms with Crippen molar-refractivity contribution < 1.29 is 9.60 Å². The molecule has 78 valence electrons. The Morgan fingerprint density at radius 1 is 1.50 bits per heavy atom. The first kappa shape index (κ1) is 11.3. The molecule has 1 rings (SSSR count). The fraction of sp³-hybridized carbons (Fsp3) is 0.333. The highest BCUT2D eigenvalue weighted by atomic mass is 32.2. The Morgan fingerprint density at radius 2 is 2.21 bits per heavy atom. The van der Waals surface area contributed by atoms with Gasteiger partial charge in [-0.15, -0.1) is 0 Å². The van der Waals surface area contributed by atoms with Gasteiger partial charge in [0, 0.05) is 24.1 Å². The number of hydroxylamine groups is 1. The third kappa shape index (κ3) is 2.60. The summed E-state index contributed by atoms with van der Waals surface area (Å²) >= 11 is 1.42. The number of aryl methyl sites for hydroxylation is 1. The number of benzene rings is 1. The minimum absolute atomic E-state index is 0.117. The Balaban J connectivity index is 2.97. The molecule has 0 aliphatic heterocycles. The molecule has 0 atom stereocenters. The van der Waals surface area contributed by atoms with E-state index in [1.807, 2.05) is 18.7 Å². The van der Waals surface area contributed by atoms with Crippen LogP contribution in [0.25, 0.3) is 0 Å². The highest BCUT2D eigenvalue weighted by molar-refractivity contribution is 7.99. The second kappa shape index (κ2) is 5.19. The van der Waals surface area contributed by atoms with E-state index in [4.69, 9.17) is 5.21 Å². The average molecular weight is 216 g/mol. The van der Waals surface area contributed by atoms with Crippen LogP contribution in [0.5, 0.6) is 0 Å². The third-order valence-electron chi connectivity index (χ3n) is 1.87. The van der Waals surface area contributed by atoms with Crippen molar-refractivity contribution in [1.82, 2.24) is 5.48 Å². The average Bonchev–Trinajstić information content (AvgIpc) is 2.14. The molecule has 0 radical (unpaired) electrons. The summed E-state index contributed by atoms with van der Waals surface area (Å²) in [6.45, 7) is 2.01. The van der Waals surface area contributed by atoms with Gasteiger partial charge >= 0.3 is 0 Å². The van der Waals surface area contributed by atoms with E-state index in [1.54, 1.807) is 6.07 Å². The molecule has 3 N–H and O–H groups in total. The van der Waals surface area contributed by atoms with Crippen LogP contribution in [-0.2, 0) is 6.54 Å². The zero-order valence-electron chi connectivity index (χ0n) is 8.10. The van der Waals surface area contributed by atoms with Gasteiger partial charge < -0.3 is 9.93 Å². The smallest absolute Gasteiger partial charge is 0.129 e. The number of rotatable bonds is 4. The van der Waals surface area contributed by atoms with Crippen LogP contribution in [0.15, 0.2) is 12.1 Å². The molecule has 0 amide bonds. The maximum atomic E-state index is 13.3. The molecule has 0 saturated heterocycles. The molecule has 14 heavy (non-hydrogen) atoms. The molecular weight excluding hydrogens is 203 g/mol. The summed E-state index contributed by atoms with van der Waals surface area (Å²) in [6, 6.07) is 3.13. The van der Waals surface area contributed by atoms with Crippen LogP contribution in [0.2, 0.25) is 0 Å². The fourth-order valence-corrected chi connectivity index (χ4v) is 1.62. The monoisotopic (exact) mass is 216 g/mol. The van der Waals surface area contributed by atoms with E-state index in [-0.39, 0.29) is 12.4 Å². The molecule has 0 unspecified atom stereocenters. The molecule has 0 fully saturated rings. The van der Waals surface area contributed by atoms with Crippen molar-refractivity contribution in [3.63, 3.8) is 0 Å². The standard InChI is InChI=1S/C9H13FN2OS/c1-6-3-7(5-11-13)8(10)4-9(6)12-14-2/h3-4,11-13H,5H2,1-2H3. The minimum atomic E-state index is -0.325. The fourth-order valence-electron chi connectivity index (χ4n) is 1.18. The summed E-state index contributed by atoms with van der Waals surface area (Å²) in [4.78, 5) is 0. The first-order valence-corrected chi connectivity index (χ1v) is 5.36. The van der Waals surface area contributed by atoms with Crippen molar-refractivity contribution in [1.29, 1.82) is 0 Å². The first-order chi connectivity index (χ1) is 6.69. The van der Waals surface area contributed by atoms with Gasteiger partial charge in [-0.05, 0) is 24.6 Å².